The van der Waals surface area contributed by atoms with Crippen molar-refractivity contribution in [3.8, 4) is 0 Å². The zero-order valence-electron chi connectivity index (χ0n) is 16.8. The summed E-state index contributed by atoms with van der Waals surface area (Å²) in [7, 11) is -3.87. The molecule has 7 nitrogen and oxygen atoms in total. The first kappa shape index (κ1) is 23.8. The van der Waals surface area contributed by atoms with Crippen LogP contribution in [0, 0.1) is 5.82 Å². The van der Waals surface area contributed by atoms with Crippen molar-refractivity contribution in [2.75, 3.05) is 23.7 Å². The average molecular weight is 456 g/mol. The van der Waals surface area contributed by atoms with Crippen LogP contribution in [0.2, 0.25) is 5.02 Å². The Morgan fingerprint density at radius 3 is 2.30 bits per heavy atom. The number of carbonyl (C=O) groups excluding carboxylic acids is 2. The molecule has 0 saturated carbocycles. The Balaban J connectivity index is 2.36. The van der Waals surface area contributed by atoms with Crippen LogP contribution in [-0.2, 0) is 14.8 Å². The van der Waals surface area contributed by atoms with Crippen molar-refractivity contribution in [3.63, 3.8) is 0 Å². The minimum absolute atomic E-state index is 0.145. The maximum atomic E-state index is 14.3. The average Bonchev–Trinajstić information content (AvgIpc) is 2.71. The maximum Gasteiger partial charge on any atom is 0.258 e. The Morgan fingerprint density at radius 2 is 1.70 bits per heavy atom. The van der Waals surface area contributed by atoms with Crippen molar-refractivity contribution in [1.29, 1.82) is 0 Å². The van der Waals surface area contributed by atoms with Gasteiger partial charge in [-0.05, 0) is 36.4 Å². The van der Waals surface area contributed by atoms with Crippen molar-refractivity contribution < 1.29 is 22.4 Å². The van der Waals surface area contributed by atoms with Gasteiger partial charge in [0.25, 0.3) is 5.91 Å². The van der Waals surface area contributed by atoms with Crippen molar-refractivity contribution >= 4 is 44.8 Å². The van der Waals surface area contributed by atoms with Gasteiger partial charge in [0.05, 0.1) is 21.2 Å². The van der Waals surface area contributed by atoms with Gasteiger partial charge in [0, 0.05) is 25.2 Å². The molecule has 2 aromatic rings. The van der Waals surface area contributed by atoms with Crippen LogP contribution in [0.25, 0.3) is 0 Å². The van der Waals surface area contributed by atoms with E-state index in [0.29, 0.717) is 5.69 Å². The Kier molecular flexibility index (Phi) is 7.94. The summed E-state index contributed by atoms with van der Waals surface area (Å²) in [5.41, 5.74) is 0.106. The molecule has 0 aliphatic rings. The first-order valence-corrected chi connectivity index (χ1v) is 11.2. The first-order valence-electron chi connectivity index (χ1n) is 9.34. The molecule has 0 atom stereocenters. The fourth-order valence-electron chi connectivity index (χ4n) is 2.69. The van der Waals surface area contributed by atoms with Gasteiger partial charge in [0.2, 0.25) is 15.9 Å². The number of anilines is 2. The molecular weight excluding hydrogens is 433 g/mol. The fraction of sp³-hybridized carbons (Fsp3) is 0.300. The van der Waals surface area contributed by atoms with E-state index in [0.717, 1.165) is 18.2 Å². The molecule has 0 aromatic heterocycles. The van der Waals surface area contributed by atoms with Crippen molar-refractivity contribution in [3.05, 3.63) is 52.8 Å². The van der Waals surface area contributed by atoms with Crippen molar-refractivity contribution in [2.24, 2.45) is 0 Å². The number of amides is 2. The highest BCUT2D eigenvalue weighted by Crippen LogP contribution is 2.27. The highest BCUT2D eigenvalue weighted by atomic mass is 35.5. The maximum absolute atomic E-state index is 14.3. The van der Waals surface area contributed by atoms with E-state index in [1.165, 1.54) is 16.4 Å². The fourth-order valence-corrected chi connectivity index (χ4v) is 4.34. The molecule has 30 heavy (non-hydrogen) atoms. The summed E-state index contributed by atoms with van der Waals surface area (Å²) in [5.74, 6) is -1.97. The van der Waals surface area contributed by atoms with E-state index < -0.39 is 27.3 Å². The quantitative estimate of drug-likeness (QED) is 0.626. The molecule has 0 heterocycles. The van der Waals surface area contributed by atoms with E-state index in [1.807, 2.05) is 0 Å². The van der Waals surface area contributed by atoms with Gasteiger partial charge in [-0.1, -0.05) is 32.4 Å². The Morgan fingerprint density at radius 1 is 1.03 bits per heavy atom. The number of nitrogens with zero attached hydrogens (tertiary/aromatic N) is 1. The van der Waals surface area contributed by atoms with Crippen molar-refractivity contribution in [2.45, 2.75) is 32.1 Å². The molecule has 0 saturated heterocycles. The lowest BCUT2D eigenvalue weighted by Gasteiger charge is -2.19. The summed E-state index contributed by atoms with van der Waals surface area (Å²) in [6.45, 7) is 5.54. The summed E-state index contributed by atoms with van der Waals surface area (Å²) in [4.78, 5) is 24.0. The zero-order valence-corrected chi connectivity index (χ0v) is 18.4. The van der Waals surface area contributed by atoms with E-state index in [9.17, 15) is 22.4 Å². The van der Waals surface area contributed by atoms with Crippen molar-refractivity contribution in [1.82, 2.24) is 4.31 Å². The number of hydrogen-bond acceptors (Lipinski definition) is 4. The van der Waals surface area contributed by atoms with Crippen LogP contribution in [0.4, 0.5) is 15.8 Å². The van der Waals surface area contributed by atoms with Crippen LogP contribution in [-0.4, -0.2) is 37.6 Å². The molecular formula is C20H23ClFN3O4S. The molecule has 0 unspecified atom stereocenters. The molecule has 10 heteroatoms. The molecule has 0 fully saturated rings. The lowest BCUT2D eigenvalue weighted by Crippen LogP contribution is -2.31. The van der Waals surface area contributed by atoms with Gasteiger partial charge < -0.3 is 10.6 Å². The van der Waals surface area contributed by atoms with Gasteiger partial charge in [-0.15, -0.1) is 0 Å². The third-order valence-corrected chi connectivity index (χ3v) is 6.72. The second kappa shape index (κ2) is 10.0. The lowest BCUT2D eigenvalue weighted by atomic mass is 10.2. The van der Waals surface area contributed by atoms with Gasteiger partial charge in [-0.25, -0.2) is 12.8 Å². The topological polar surface area (TPSA) is 95.6 Å². The number of hydrogen-bond donors (Lipinski definition) is 2. The Labute approximate surface area is 180 Å². The number of carbonyl (C=O) groups is 2. The number of halogens is 2. The number of sulfonamides is 1. The van der Waals surface area contributed by atoms with E-state index in [2.05, 4.69) is 10.6 Å². The van der Waals surface area contributed by atoms with Gasteiger partial charge in [-0.2, -0.15) is 4.31 Å². The predicted molar refractivity (Wildman–Crippen MR) is 115 cm³/mol. The van der Waals surface area contributed by atoms with Crippen LogP contribution in [0.5, 0.6) is 0 Å². The monoisotopic (exact) mass is 455 g/mol. The zero-order chi connectivity index (χ0) is 22.5. The second-order valence-electron chi connectivity index (χ2n) is 6.28. The van der Waals surface area contributed by atoms with Crippen LogP contribution in [0.15, 0.2) is 41.3 Å². The molecule has 2 amide bonds. The third-order valence-electron chi connectivity index (χ3n) is 4.35. The predicted octanol–water partition coefficient (Wildman–Crippen LogP) is 4.11. The van der Waals surface area contributed by atoms with Gasteiger partial charge in [0.15, 0.2) is 0 Å². The molecule has 2 N–H and O–H groups in total. The molecule has 2 rings (SSSR count). The molecule has 162 valence electrons. The Bertz CT molecular complexity index is 1060. The normalized spacial score (nSPS) is 11.4. The molecule has 0 radical (unpaired) electrons. The molecule has 0 aliphatic carbocycles. The van der Waals surface area contributed by atoms with Crippen LogP contribution < -0.4 is 10.6 Å². The van der Waals surface area contributed by atoms with Gasteiger partial charge in [0.1, 0.15) is 5.82 Å². The largest absolute Gasteiger partial charge is 0.326 e. The van der Waals surface area contributed by atoms with E-state index in [-0.39, 0.29) is 41.0 Å². The first-order chi connectivity index (χ1) is 14.1. The van der Waals surface area contributed by atoms with Gasteiger partial charge >= 0.3 is 0 Å². The minimum Gasteiger partial charge on any atom is -0.326 e. The molecule has 0 spiro atoms. The summed E-state index contributed by atoms with van der Waals surface area (Å²) in [6, 6.07) is 7.51. The summed E-state index contributed by atoms with van der Waals surface area (Å²) in [5, 5.41) is 5.27. The smallest absolute Gasteiger partial charge is 0.258 e. The summed E-state index contributed by atoms with van der Waals surface area (Å²) < 4.78 is 40.9. The second-order valence-corrected chi connectivity index (χ2v) is 8.63. The summed E-state index contributed by atoms with van der Waals surface area (Å²) in [6.07, 6.45) is 0.267. The van der Waals surface area contributed by atoms with Crippen LogP contribution >= 0.6 is 11.6 Å². The van der Waals surface area contributed by atoms with E-state index in [1.54, 1.807) is 26.8 Å². The SMILES string of the molecule is CCC(=O)Nc1ccc(Cl)c(NC(=O)c2cc(S(=O)(=O)N(CC)CC)ccc2F)c1. The van der Waals surface area contributed by atoms with Crippen LogP contribution in [0.1, 0.15) is 37.6 Å². The van der Waals surface area contributed by atoms with Crippen LogP contribution in [0.3, 0.4) is 0 Å². The standard InChI is InChI=1S/C20H23ClFN3O4S/c1-4-19(26)23-13-7-9-16(21)18(11-13)24-20(27)15-12-14(8-10-17(15)22)30(28,29)25(5-2)6-3/h7-12H,4-6H2,1-3H3,(H,23,26)(H,24,27). The number of nitrogens with one attached hydrogen (secondary N) is 2. The molecule has 0 aliphatic heterocycles. The molecule has 0 bridgehead atoms. The van der Waals surface area contributed by atoms with Gasteiger partial charge in [-0.3, -0.25) is 9.59 Å². The number of rotatable bonds is 8. The molecule has 2 aromatic carbocycles. The Hall–Kier alpha value is -2.49. The number of benzene rings is 2. The summed E-state index contributed by atoms with van der Waals surface area (Å²) >= 11 is 6.10. The highest BCUT2D eigenvalue weighted by molar-refractivity contribution is 7.89. The lowest BCUT2D eigenvalue weighted by molar-refractivity contribution is -0.115. The third kappa shape index (κ3) is 5.35. The highest BCUT2D eigenvalue weighted by Gasteiger charge is 2.24. The van der Waals surface area contributed by atoms with E-state index >= 15 is 0 Å². The van der Waals surface area contributed by atoms with E-state index in [4.69, 9.17) is 11.6 Å². The minimum atomic E-state index is -3.87.